The van der Waals surface area contributed by atoms with Gasteiger partial charge in [-0.15, -0.1) is 10.2 Å². The summed E-state index contributed by atoms with van der Waals surface area (Å²) in [4.78, 5) is 26.1. The van der Waals surface area contributed by atoms with E-state index < -0.39 is 17.6 Å². The maximum Gasteiger partial charge on any atom is 0.416 e. The number of benzene rings is 2. The van der Waals surface area contributed by atoms with E-state index >= 15 is 0 Å². The Hall–Kier alpha value is -4.17. The van der Waals surface area contributed by atoms with Gasteiger partial charge in [0.05, 0.1) is 12.1 Å². The van der Waals surface area contributed by atoms with Crippen LogP contribution in [0.15, 0.2) is 48.8 Å². The summed E-state index contributed by atoms with van der Waals surface area (Å²) < 4.78 is 43.2. The van der Waals surface area contributed by atoms with Gasteiger partial charge in [0.15, 0.2) is 0 Å². The summed E-state index contributed by atoms with van der Waals surface area (Å²) in [5.74, 6) is 6.23. The van der Waals surface area contributed by atoms with Crippen molar-refractivity contribution >= 4 is 17.5 Å². The Kier molecular flexibility index (Phi) is 10.8. The van der Waals surface area contributed by atoms with Gasteiger partial charge in [0.25, 0.3) is 11.8 Å². The SMILES string of the molecule is CC#CC(N)=O.CC1CC(c2nncn2C)C1.O=C1c2cc(CN3CCCCC3)cc(C(F)(F)F)c2CN1c1ccccc1. The van der Waals surface area contributed by atoms with E-state index in [1.807, 2.05) is 17.7 Å². The van der Waals surface area contributed by atoms with Crippen molar-refractivity contribution in [2.75, 3.05) is 18.0 Å². The van der Waals surface area contributed by atoms with E-state index in [9.17, 15) is 22.8 Å². The molecule has 2 aliphatic heterocycles. The molecule has 2 amide bonds. The average molecular weight is 609 g/mol. The van der Waals surface area contributed by atoms with Crippen molar-refractivity contribution in [3.8, 4) is 11.8 Å². The van der Waals surface area contributed by atoms with Gasteiger partial charge < -0.3 is 15.2 Å². The van der Waals surface area contributed by atoms with E-state index in [4.69, 9.17) is 0 Å². The van der Waals surface area contributed by atoms with Gasteiger partial charge in [-0.3, -0.25) is 14.5 Å². The fraction of sp³-hybridized carbons (Fsp3) is 0.455. The molecule has 3 heterocycles. The molecule has 0 bridgehead atoms. The summed E-state index contributed by atoms with van der Waals surface area (Å²) in [6.07, 6.45) is 3.17. The lowest BCUT2D eigenvalue weighted by molar-refractivity contribution is -0.138. The molecule has 6 rings (SSSR count). The maximum absolute atomic E-state index is 13.7. The molecule has 3 aliphatic rings. The smallest absolute Gasteiger partial charge is 0.359 e. The zero-order valence-electron chi connectivity index (χ0n) is 25.4. The largest absolute Gasteiger partial charge is 0.416 e. The van der Waals surface area contributed by atoms with Crippen molar-refractivity contribution < 1.29 is 22.8 Å². The van der Waals surface area contributed by atoms with Gasteiger partial charge in [-0.1, -0.05) is 37.5 Å². The highest BCUT2D eigenvalue weighted by atomic mass is 19.4. The summed E-state index contributed by atoms with van der Waals surface area (Å²) in [5.41, 5.74) is 5.35. The molecule has 234 valence electrons. The van der Waals surface area contributed by atoms with Crippen molar-refractivity contribution in [1.29, 1.82) is 0 Å². The van der Waals surface area contributed by atoms with Crippen LogP contribution < -0.4 is 10.6 Å². The number of likely N-dealkylation sites (tertiary alicyclic amines) is 1. The first-order valence-corrected chi connectivity index (χ1v) is 14.9. The van der Waals surface area contributed by atoms with E-state index in [0.717, 1.165) is 37.7 Å². The molecule has 0 atom stereocenters. The lowest BCUT2D eigenvalue weighted by Crippen LogP contribution is -2.29. The molecular weight excluding hydrogens is 569 g/mol. The van der Waals surface area contributed by atoms with Gasteiger partial charge >= 0.3 is 6.18 Å². The van der Waals surface area contributed by atoms with Crippen LogP contribution in [0.2, 0.25) is 0 Å². The van der Waals surface area contributed by atoms with Crippen LogP contribution in [0.5, 0.6) is 0 Å². The van der Waals surface area contributed by atoms with Crippen LogP contribution in [0, 0.1) is 17.8 Å². The third kappa shape index (κ3) is 8.26. The topological polar surface area (TPSA) is 97.3 Å². The van der Waals surface area contributed by atoms with Crippen LogP contribution in [0.1, 0.15) is 84.7 Å². The molecule has 2 N–H and O–H groups in total. The molecule has 11 heteroatoms. The van der Waals surface area contributed by atoms with Crippen LogP contribution in [0.4, 0.5) is 18.9 Å². The number of aryl methyl sites for hydroxylation is 1. The summed E-state index contributed by atoms with van der Waals surface area (Å²) in [5, 5.41) is 7.95. The van der Waals surface area contributed by atoms with Crippen molar-refractivity contribution in [2.45, 2.75) is 71.1 Å². The summed E-state index contributed by atoms with van der Waals surface area (Å²) >= 11 is 0. The predicted molar refractivity (Wildman–Crippen MR) is 162 cm³/mol. The van der Waals surface area contributed by atoms with Crippen LogP contribution in [-0.2, 0) is 31.1 Å². The molecule has 0 radical (unpaired) electrons. The number of carbonyl (C=O) groups excluding carboxylic acids is 2. The van der Waals surface area contributed by atoms with Crippen molar-refractivity contribution in [3.05, 3.63) is 76.9 Å². The summed E-state index contributed by atoms with van der Waals surface area (Å²) in [7, 11) is 2.01. The Morgan fingerprint density at radius 3 is 2.30 bits per heavy atom. The molecule has 2 aromatic carbocycles. The number of aromatic nitrogens is 3. The highest BCUT2D eigenvalue weighted by molar-refractivity contribution is 6.10. The van der Waals surface area contributed by atoms with Gasteiger partial charge in [-0.25, -0.2) is 0 Å². The predicted octanol–water partition coefficient (Wildman–Crippen LogP) is 5.68. The van der Waals surface area contributed by atoms with Crippen molar-refractivity contribution in [2.24, 2.45) is 18.7 Å². The minimum absolute atomic E-state index is 0.0446. The fourth-order valence-electron chi connectivity index (χ4n) is 5.90. The number of carbonyl (C=O) groups is 2. The number of fused-ring (bicyclic) bond motifs is 1. The number of amides is 2. The zero-order chi connectivity index (χ0) is 31.9. The monoisotopic (exact) mass is 608 g/mol. The minimum Gasteiger partial charge on any atom is -0.359 e. The Labute approximate surface area is 256 Å². The second kappa shape index (κ2) is 14.5. The fourth-order valence-corrected chi connectivity index (χ4v) is 5.90. The number of piperidine rings is 1. The Morgan fingerprint density at radius 1 is 1.09 bits per heavy atom. The number of anilines is 1. The van der Waals surface area contributed by atoms with Gasteiger partial charge in [0.2, 0.25) is 0 Å². The second-order valence-electron chi connectivity index (χ2n) is 11.5. The quantitative estimate of drug-likeness (QED) is 0.385. The lowest BCUT2D eigenvalue weighted by atomic mass is 9.76. The Morgan fingerprint density at radius 2 is 1.77 bits per heavy atom. The number of hydrogen-bond acceptors (Lipinski definition) is 5. The highest BCUT2D eigenvalue weighted by Crippen LogP contribution is 2.40. The standard InChI is InChI=1S/C21H21F3N2O.C8H13N3.C4H5NO/c22-21(23,24)19-12-15(13-25-9-5-2-6-10-25)11-17-18(19)14-26(20(17)27)16-7-3-1-4-8-16;1-6-3-7(4-6)8-10-9-5-11(8)2;1-2-3-4(5)6/h1,3-4,7-8,11-12H,2,5-6,9-10,13-14H2;5-7H,3-4H2,1-2H3;1H3,(H2,5,6). The molecule has 8 nitrogen and oxygen atoms in total. The van der Waals surface area contributed by atoms with E-state index in [1.54, 1.807) is 43.6 Å². The molecule has 1 saturated carbocycles. The van der Waals surface area contributed by atoms with Gasteiger partial charge in [-0.2, -0.15) is 13.2 Å². The molecule has 1 saturated heterocycles. The number of primary amides is 1. The third-order valence-electron chi connectivity index (χ3n) is 8.06. The number of nitrogens with zero attached hydrogens (tertiary/aromatic N) is 5. The van der Waals surface area contributed by atoms with Crippen LogP contribution in [0.25, 0.3) is 0 Å². The first-order chi connectivity index (χ1) is 21.0. The molecular formula is C33H39F3N6O2. The minimum atomic E-state index is -4.48. The average Bonchev–Trinajstić information content (AvgIpc) is 3.54. The van der Waals surface area contributed by atoms with E-state index in [1.165, 1.54) is 30.2 Å². The lowest BCUT2D eigenvalue weighted by Gasteiger charge is -2.31. The second-order valence-corrected chi connectivity index (χ2v) is 11.5. The van der Waals surface area contributed by atoms with E-state index in [-0.39, 0.29) is 23.6 Å². The first kappa shape index (κ1) is 32.7. The molecule has 3 aromatic rings. The van der Waals surface area contributed by atoms with Gasteiger partial charge in [0, 0.05) is 30.8 Å². The number of alkyl halides is 3. The molecule has 0 unspecified atom stereocenters. The molecule has 0 spiro atoms. The van der Waals surface area contributed by atoms with Crippen LogP contribution >= 0.6 is 0 Å². The Bertz CT molecular complexity index is 1500. The van der Waals surface area contributed by atoms with Gasteiger partial charge in [0.1, 0.15) is 12.2 Å². The first-order valence-electron chi connectivity index (χ1n) is 14.9. The molecule has 1 aromatic heterocycles. The number of hydrogen-bond donors (Lipinski definition) is 1. The molecule has 1 aliphatic carbocycles. The van der Waals surface area contributed by atoms with Crippen molar-refractivity contribution in [3.63, 3.8) is 0 Å². The van der Waals surface area contributed by atoms with E-state index in [0.29, 0.717) is 23.7 Å². The Balaban J connectivity index is 0.000000212. The maximum atomic E-state index is 13.7. The third-order valence-corrected chi connectivity index (χ3v) is 8.06. The number of halogens is 3. The van der Waals surface area contributed by atoms with Crippen LogP contribution in [0.3, 0.4) is 0 Å². The normalized spacial score (nSPS) is 19.3. The molecule has 2 fully saturated rings. The van der Waals surface area contributed by atoms with Crippen LogP contribution in [-0.4, -0.2) is 44.6 Å². The summed E-state index contributed by atoms with van der Waals surface area (Å²) in [6, 6.07) is 11.7. The number of nitrogens with two attached hydrogens (primary N) is 1. The van der Waals surface area contributed by atoms with Crippen molar-refractivity contribution in [1.82, 2.24) is 19.7 Å². The van der Waals surface area contributed by atoms with E-state index in [2.05, 4.69) is 39.6 Å². The zero-order valence-corrected chi connectivity index (χ0v) is 25.4. The summed E-state index contributed by atoms with van der Waals surface area (Å²) in [6.45, 7) is 6.04. The molecule has 44 heavy (non-hydrogen) atoms. The number of rotatable bonds is 4. The number of para-hydroxylation sites is 1. The highest BCUT2D eigenvalue weighted by Gasteiger charge is 2.40. The van der Waals surface area contributed by atoms with Gasteiger partial charge in [-0.05, 0) is 92.9 Å².